The Morgan fingerprint density at radius 2 is 1.86 bits per heavy atom. The molecule has 5 nitrogen and oxygen atoms in total. The number of oxime groups is 1. The molecule has 0 bridgehead atoms. The number of carbonyl (C=O) groups is 1. The van der Waals surface area contributed by atoms with Gasteiger partial charge in [0.05, 0.1) is 0 Å². The zero-order valence-electron chi connectivity index (χ0n) is 13.0. The predicted molar refractivity (Wildman–Crippen MR) is 84.7 cm³/mol. The summed E-state index contributed by atoms with van der Waals surface area (Å²) >= 11 is 0. The number of unbranched alkanes of at least 4 members (excludes halogenated alkanes) is 1. The Balaban J connectivity index is 2.92. The van der Waals surface area contributed by atoms with Gasteiger partial charge in [-0.3, -0.25) is 4.79 Å². The van der Waals surface area contributed by atoms with E-state index in [9.17, 15) is 4.79 Å². The summed E-state index contributed by atoms with van der Waals surface area (Å²) in [6.45, 7) is 7.04. The van der Waals surface area contributed by atoms with E-state index in [-0.39, 0.29) is 17.8 Å². The van der Waals surface area contributed by atoms with E-state index in [1.54, 1.807) is 24.3 Å². The van der Waals surface area contributed by atoms with Crippen LogP contribution in [-0.4, -0.2) is 34.4 Å². The first-order chi connectivity index (χ1) is 10.0. The van der Waals surface area contributed by atoms with Gasteiger partial charge in [-0.2, -0.15) is 0 Å². The lowest BCUT2D eigenvalue weighted by Gasteiger charge is -2.28. The van der Waals surface area contributed by atoms with E-state index < -0.39 is 0 Å². The third-order valence-corrected chi connectivity index (χ3v) is 3.67. The molecular formula is C16H25N3O2. The highest BCUT2D eigenvalue weighted by molar-refractivity contribution is 5.99. The van der Waals surface area contributed by atoms with Gasteiger partial charge < -0.3 is 15.8 Å². The zero-order chi connectivity index (χ0) is 15.8. The molecular weight excluding hydrogens is 266 g/mol. The summed E-state index contributed by atoms with van der Waals surface area (Å²) in [6, 6.07) is 7.04. The van der Waals surface area contributed by atoms with Gasteiger partial charge in [0.15, 0.2) is 5.84 Å². The Morgan fingerprint density at radius 1 is 1.29 bits per heavy atom. The van der Waals surface area contributed by atoms with Crippen LogP contribution in [0.25, 0.3) is 0 Å². The molecule has 5 heteroatoms. The molecule has 21 heavy (non-hydrogen) atoms. The number of carbonyl (C=O) groups excluding carboxylic acids is 1. The van der Waals surface area contributed by atoms with Gasteiger partial charge in [0.25, 0.3) is 5.91 Å². The number of hydrogen-bond donors (Lipinski definition) is 2. The molecule has 0 spiro atoms. The molecule has 0 saturated heterocycles. The van der Waals surface area contributed by atoms with Crippen molar-refractivity contribution in [2.45, 2.75) is 46.1 Å². The number of nitrogens with two attached hydrogens (primary N) is 1. The van der Waals surface area contributed by atoms with Crippen molar-refractivity contribution in [1.82, 2.24) is 4.90 Å². The van der Waals surface area contributed by atoms with Crippen molar-refractivity contribution in [1.29, 1.82) is 0 Å². The number of amides is 1. The lowest BCUT2D eigenvalue weighted by molar-refractivity contribution is 0.0685. The van der Waals surface area contributed by atoms with Crippen molar-refractivity contribution in [3.63, 3.8) is 0 Å². The first-order valence-corrected chi connectivity index (χ1v) is 7.44. The Labute approximate surface area is 126 Å². The van der Waals surface area contributed by atoms with Crippen LogP contribution in [0.3, 0.4) is 0 Å². The van der Waals surface area contributed by atoms with E-state index in [4.69, 9.17) is 10.9 Å². The summed E-state index contributed by atoms with van der Waals surface area (Å²) in [5, 5.41) is 11.6. The second-order valence-electron chi connectivity index (χ2n) is 5.17. The van der Waals surface area contributed by atoms with Gasteiger partial charge in [-0.05, 0) is 31.9 Å². The van der Waals surface area contributed by atoms with Crippen molar-refractivity contribution in [2.24, 2.45) is 10.9 Å². The van der Waals surface area contributed by atoms with Gasteiger partial charge in [0.1, 0.15) is 0 Å². The van der Waals surface area contributed by atoms with Crippen LogP contribution in [0.15, 0.2) is 29.4 Å². The van der Waals surface area contributed by atoms with E-state index >= 15 is 0 Å². The van der Waals surface area contributed by atoms with Gasteiger partial charge in [-0.25, -0.2) is 0 Å². The quantitative estimate of drug-likeness (QED) is 0.351. The number of hydrogen-bond acceptors (Lipinski definition) is 3. The average Bonchev–Trinajstić information content (AvgIpc) is 2.53. The van der Waals surface area contributed by atoms with Crippen molar-refractivity contribution < 1.29 is 10.0 Å². The third kappa shape index (κ3) is 4.48. The first kappa shape index (κ1) is 17.0. The maximum atomic E-state index is 12.6. The molecule has 0 aliphatic carbocycles. The highest BCUT2D eigenvalue weighted by atomic mass is 16.4. The number of benzene rings is 1. The summed E-state index contributed by atoms with van der Waals surface area (Å²) < 4.78 is 0. The molecule has 0 radical (unpaired) electrons. The van der Waals surface area contributed by atoms with Gasteiger partial charge in [-0.15, -0.1) is 0 Å². The Hall–Kier alpha value is -2.04. The molecule has 0 aliphatic heterocycles. The second-order valence-corrected chi connectivity index (χ2v) is 5.17. The molecule has 1 atom stereocenters. The second kappa shape index (κ2) is 8.29. The normalized spacial score (nSPS) is 13.0. The highest BCUT2D eigenvalue weighted by Crippen LogP contribution is 2.13. The molecule has 0 saturated carbocycles. The summed E-state index contributed by atoms with van der Waals surface area (Å²) in [5.74, 6) is 0.0719. The fourth-order valence-electron chi connectivity index (χ4n) is 2.08. The fraction of sp³-hybridized carbons (Fsp3) is 0.500. The van der Waals surface area contributed by atoms with Crippen LogP contribution in [0.4, 0.5) is 0 Å². The third-order valence-electron chi connectivity index (χ3n) is 3.67. The van der Waals surface area contributed by atoms with Crippen LogP contribution in [-0.2, 0) is 0 Å². The predicted octanol–water partition coefficient (Wildman–Crippen LogP) is 2.82. The van der Waals surface area contributed by atoms with Gasteiger partial charge in [-0.1, -0.05) is 37.6 Å². The molecule has 0 heterocycles. The van der Waals surface area contributed by atoms with E-state index in [1.165, 1.54) is 0 Å². The van der Waals surface area contributed by atoms with Crippen LogP contribution in [0.5, 0.6) is 0 Å². The number of rotatable bonds is 7. The van der Waals surface area contributed by atoms with Crippen molar-refractivity contribution in [3.8, 4) is 0 Å². The minimum absolute atomic E-state index is 0.0314. The van der Waals surface area contributed by atoms with Crippen LogP contribution in [0.1, 0.15) is 56.0 Å². The Kier molecular flexibility index (Phi) is 6.72. The summed E-state index contributed by atoms with van der Waals surface area (Å²) in [7, 11) is 0. The van der Waals surface area contributed by atoms with E-state index in [1.807, 2.05) is 4.90 Å². The zero-order valence-corrected chi connectivity index (χ0v) is 13.0. The topological polar surface area (TPSA) is 78.9 Å². The van der Waals surface area contributed by atoms with Crippen LogP contribution in [0.2, 0.25) is 0 Å². The molecule has 0 fully saturated rings. The van der Waals surface area contributed by atoms with Gasteiger partial charge in [0.2, 0.25) is 0 Å². The Bertz CT molecular complexity index is 483. The molecule has 0 aromatic heterocycles. The first-order valence-electron chi connectivity index (χ1n) is 7.44. The van der Waals surface area contributed by atoms with Crippen LogP contribution in [0, 0.1) is 0 Å². The molecule has 116 valence electrons. The number of nitrogens with zero attached hydrogens (tertiary/aromatic N) is 2. The van der Waals surface area contributed by atoms with Crippen molar-refractivity contribution in [2.75, 3.05) is 6.54 Å². The minimum atomic E-state index is 0.0314. The molecule has 1 amide bonds. The Morgan fingerprint density at radius 3 is 2.33 bits per heavy atom. The maximum absolute atomic E-state index is 12.6. The number of amidine groups is 1. The maximum Gasteiger partial charge on any atom is 0.254 e. The average molecular weight is 291 g/mol. The fourth-order valence-corrected chi connectivity index (χ4v) is 2.08. The molecule has 0 aliphatic rings. The standard InChI is InChI=1S/C16H25N3O2/c1-4-6-11-19(12(3)5-2)16(20)14-9-7-13(8-10-14)15(17)18-21/h7-10,12,21H,4-6,11H2,1-3H3,(H2,17,18). The molecule has 1 unspecified atom stereocenters. The molecule has 1 aromatic rings. The molecule has 3 N–H and O–H groups in total. The van der Waals surface area contributed by atoms with Crippen LogP contribution >= 0.6 is 0 Å². The monoisotopic (exact) mass is 291 g/mol. The lowest BCUT2D eigenvalue weighted by atomic mass is 10.1. The van der Waals surface area contributed by atoms with Gasteiger partial charge >= 0.3 is 0 Å². The van der Waals surface area contributed by atoms with E-state index in [2.05, 4.69) is 25.9 Å². The molecule has 1 aromatic carbocycles. The highest BCUT2D eigenvalue weighted by Gasteiger charge is 2.19. The van der Waals surface area contributed by atoms with Gasteiger partial charge in [0, 0.05) is 23.7 Å². The minimum Gasteiger partial charge on any atom is -0.409 e. The smallest absolute Gasteiger partial charge is 0.254 e. The van der Waals surface area contributed by atoms with E-state index in [0.29, 0.717) is 11.1 Å². The summed E-state index contributed by atoms with van der Waals surface area (Å²) in [6.07, 6.45) is 2.98. The largest absolute Gasteiger partial charge is 0.409 e. The lowest BCUT2D eigenvalue weighted by Crippen LogP contribution is -2.39. The SMILES string of the molecule is CCCCN(C(=O)c1ccc(C(N)=NO)cc1)C(C)CC. The van der Waals surface area contributed by atoms with Crippen molar-refractivity contribution in [3.05, 3.63) is 35.4 Å². The van der Waals surface area contributed by atoms with Crippen molar-refractivity contribution >= 4 is 11.7 Å². The molecule has 1 rings (SSSR count). The summed E-state index contributed by atoms with van der Waals surface area (Å²) in [5.41, 5.74) is 6.74. The van der Waals surface area contributed by atoms with Crippen LogP contribution < -0.4 is 5.73 Å². The van der Waals surface area contributed by atoms with E-state index in [0.717, 1.165) is 25.8 Å². The summed E-state index contributed by atoms with van der Waals surface area (Å²) in [4.78, 5) is 14.5.